The Kier molecular flexibility index (Phi) is 3.69. The molecule has 1 aliphatic rings. The molecule has 0 aliphatic carbocycles. The minimum Gasteiger partial charge on any atom is -0.382 e. The van der Waals surface area contributed by atoms with Gasteiger partial charge in [0, 0.05) is 20.1 Å². The van der Waals surface area contributed by atoms with E-state index in [4.69, 9.17) is 0 Å². The summed E-state index contributed by atoms with van der Waals surface area (Å²) in [6.07, 6.45) is 2.26. The molecule has 2 rings (SSSR count). The Bertz CT molecular complexity index is 448. The Balaban J connectivity index is 2.36. The van der Waals surface area contributed by atoms with Crippen LogP contribution < -0.4 is 10.2 Å². The lowest BCUT2D eigenvalue weighted by molar-refractivity contribution is -0.383. The first-order valence-corrected chi connectivity index (χ1v) is 6.37. The van der Waals surface area contributed by atoms with Crippen LogP contribution in [0, 0.1) is 16.0 Å². The van der Waals surface area contributed by atoms with Crippen molar-refractivity contribution < 1.29 is 4.92 Å². The van der Waals surface area contributed by atoms with E-state index in [1.807, 2.05) is 12.1 Å². The van der Waals surface area contributed by atoms with Crippen LogP contribution in [0.5, 0.6) is 0 Å². The quantitative estimate of drug-likeness (QED) is 0.658. The van der Waals surface area contributed by atoms with Gasteiger partial charge in [0.1, 0.15) is 11.4 Å². The van der Waals surface area contributed by atoms with E-state index in [9.17, 15) is 10.1 Å². The summed E-state index contributed by atoms with van der Waals surface area (Å²) < 4.78 is 0. The number of para-hydroxylation sites is 1. The highest BCUT2D eigenvalue weighted by Crippen LogP contribution is 2.37. The predicted octanol–water partition coefficient (Wildman–Crippen LogP) is 2.87. The van der Waals surface area contributed by atoms with Gasteiger partial charge in [-0.2, -0.15) is 0 Å². The summed E-state index contributed by atoms with van der Waals surface area (Å²) in [5, 5.41) is 14.1. The molecule has 1 atom stereocenters. The summed E-state index contributed by atoms with van der Waals surface area (Å²) in [6.45, 7) is 4.00. The van der Waals surface area contributed by atoms with Gasteiger partial charge in [0.2, 0.25) is 0 Å². The fourth-order valence-electron chi connectivity index (χ4n) is 2.56. The minimum absolute atomic E-state index is 0.191. The van der Waals surface area contributed by atoms with Crippen molar-refractivity contribution in [2.24, 2.45) is 5.92 Å². The predicted molar refractivity (Wildman–Crippen MR) is 73.3 cm³/mol. The molecule has 1 aliphatic heterocycles. The Morgan fingerprint density at radius 1 is 1.56 bits per heavy atom. The van der Waals surface area contributed by atoms with Gasteiger partial charge in [-0.15, -0.1) is 0 Å². The molecule has 0 spiro atoms. The van der Waals surface area contributed by atoms with Gasteiger partial charge >= 0.3 is 5.69 Å². The maximum atomic E-state index is 11.2. The molecule has 1 N–H and O–H groups in total. The lowest BCUT2D eigenvalue weighted by Gasteiger charge is -2.19. The van der Waals surface area contributed by atoms with Crippen LogP contribution in [0.4, 0.5) is 17.1 Å². The zero-order chi connectivity index (χ0) is 13.1. The Labute approximate surface area is 107 Å². The van der Waals surface area contributed by atoms with Crippen LogP contribution in [0.25, 0.3) is 0 Å². The van der Waals surface area contributed by atoms with E-state index in [2.05, 4.69) is 17.1 Å². The normalized spacial score (nSPS) is 19.0. The maximum Gasteiger partial charge on any atom is 0.315 e. The molecule has 1 aromatic carbocycles. The summed E-state index contributed by atoms with van der Waals surface area (Å²) in [7, 11) is 1.71. The molecule has 1 fully saturated rings. The zero-order valence-electron chi connectivity index (χ0n) is 10.8. The molecule has 1 saturated heterocycles. The van der Waals surface area contributed by atoms with Gasteiger partial charge in [-0.1, -0.05) is 19.4 Å². The fraction of sp³-hybridized carbons (Fsp3) is 0.538. The average molecular weight is 249 g/mol. The molecule has 0 bridgehead atoms. The molecular formula is C13H19N3O2. The molecule has 1 aromatic rings. The van der Waals surface area contributed by atoms with Crippen LogP contribution in [0.2, 0.25) is 0 Å². The number of benzene rings is 1. The van der Waals surface area contributed by atoms with E-state index in [0.29, 0.717) is 11.6 Å². The van der Waals surface area contributed by atoms with E-state index in [0.717, 1.165) is 31.6 Å². The van der Waals surface area contributed by atoms with Crippen molar-refractivity contribution in [1.82, 2.24) is 0 Å². The van der Waals surface area contributed by atoms with E-state index in [1.165, 1.54) is 0 Å². The number of rotatable bonds is 4. The molecule has 18 heavy (non-hydrogen) atoms. The third kappa shape index (κ3) is 2.25. The minimum atomic E-state index is -0.291. The first-order chi connectivity index (χ1) is 8.67. The average Bonchev–Trinajstić information content (AvgIpc) is 2.86. The van der Waals surface area contributed by atoms with Crippen molar-refractivity contribution in [3.63, 3.8) is 0 Å². The first kappa shape index (κ1) is 12.7. The number of hydrogen-bond donors (Lipinski definition) is 1. The van der Waals surface area contributed by atoms with Crippen molar-refractivity contribution in [3.8, 4) is 0 Å². The van der Waals surface area contributed by atoms with Crippen LogP contribution >= 0.6 is 0 Å². The maximum absolute atomic E-state index is 11.2. The molecule has 98 valence electrons. The summed E-state index contributed by atoms with van der Waals surface area (Å²) in [6, 6.07) is 5.46. The van der Waals surface area contributed by atoms with Gasteiger partial charge in [-0.05, 0) is 24.5 Å². The molecular weight excluding hydrogens is 230 g/mol. The van der Waals surface area contributed by atoms with Crippen LogP contribution in [-0.4, -0.2) is 25.1 Å². The Morgan fingerprint density at radius 2 is 2.33 bits per heavy atom. The number of nitrogens with one attached hydrogen (secondary N) is 1. The van der Waals surface area contributed by atoms with E-state index >= 15 is 0 Å². The van der Waals surface area contributed by atoms with Crippen LogP contribution in [-0.2, 0) is 0 Å². The number of nitrogens with zero attached hydrogens (tertiary/aromatic N) is 2. The largest absolute Gasteiger partial charge is 0.382 e. The molecule has 0 amide bonds. The summed E-state index contributed by atoms with van der Waals surface area (Å²) >= 11 is 0. The third-order valence-electron chi connectivity index (χ3n) is 3.67. The standard InChI is InChI=1S/C13H19N3O2/c1-3-10-7-8-15(9-10)12-6-4-5-11(14-2)13(12)16(17)18/h4-6,10,14H,3,7-9H2,1-2H3. The van der Waals surface area contributed by atoms with E-state index < -0.39 is 0 Å². The second kappa shape index (κ2) is 5.25. The summed E-state index contributed by atoms with van der Waals surface area (Å²) in [4.78, 5) is 13.1. The molecule has 0 radical (unpaired) electrons. The number of hydrogen-bond acceptors (Lipinski definition) is 4. The third-order valence-corrected chi connectivity index (χ3v) is 3.67. The molecule has 0 saturated carbocycles. The Morgan fingerprint density at radius 3 is 2.89 bits per heavy atom. The van der Waals surface area contributed by atoms with Gasteiger partial charge in [0.25, 0.3) is 0 Å². The lowest BCUT2D eigenvalue weighted by Crippen LogP contribution is -2.21. The second-order valence-electron chi connectivity index (χ2n) is 4.69. The van der Waals surface area contributed by atoms with Crippen molar-refractivity contribution in [1.29, 1.82) is 0 Å². The highest BCUT2D eigenvalue weighted by Gasteiger charge is 2.28. The number of nitro benzene ring substituents is 1. The highest BCUT2D eigenvalue weighted by molar-refractivity contribution is 5.77. The van der Waals surface area contributed by atoms with Crippen molar-refractivity contribution in [2.75, 3.05) is 30.4 Å². The van der Waals surface area contributed by atoms with Crippen LogP contribution in [0.3, 0.4) is 0 Å². The zero-order valence-corrected chi connectivity index (χ0v) is 10.8. The highest BCUT2D eigenvalue weighted by atomic mass is 16.6. The van der Waals surface area contributed by atoms with E-state index in [1.54, 1.807) is 13.1 Å². The molecule has 0 aromatic heterocycles. The first-order valence-electron chi connectivity index (χ1n) is 6.37. The fourth-order valence-corrected chi connectivity index (χ4v) is 2.56. The summed E-state index contributed by atoms with van der Waals surface area (Å²) in [5.74, 6) is 0.655. The monoisotopic (exact) mass is 249 g/mol. The molecule has 1 unspecified atom stereocenters. The smallest absolute Gasteiger partial charge is 0.315 e. The van der Waals surface area contributed by atoms with E-state index in [-0.39, 0.29) is 10.6 Å². The molecule has 5 nitrogen and oxygen atoms in total. The second-order valence-corrected chi connectivity index (χ2v) is 4.69. The Hall–Kier alpha value is -1.78. The van der Waals surface area contributed by atoms with Gasteiger partial charge in [-0.3, -0.25) is 10.1 Å². The van der Waals surface area contributed by atoms with Gasteiger partial charge < -0.3 is 10.2 Å². The number of nitro groups is 1. The van der Waals surface area contributed by atoms with Crippen molar-refractivity contribution in [2.45, 2.75) is 19.8 Å². The van der Waals surface area contributed by atoms with Gasteiger partial charge in [-0.25, -0.2) is 0 Å². The van der Waals surface area contributed by atoms with Gasteiger partial charge in [0.15, 0.2) is 0 Å². The SMILES string of the molecule is CCC1CCN(c2cccc(NC)c2[N+](=O)[O-])C1. The summed E-state index contributed by atoms with van der Waals surface area (Å²) in [5.41, 5.74) is 1.51. The van der Waals surface area contributed by atoms with Crippen LogP contribution in [0.1, 0.15) is 19.8 Å². The number of anilines is 2. The molecule has 5 heteroatoms. The van der Waals surface area contributed by atoms with Gasteiger partial charge in [0.05, 0.1) is 4.92 Å². The lowest BCUT2D eigenvalue weighted by atomic mass is 10.1. The topological polar surface area (TPSA) is 58.4 Å². The van der Waals surface area contributed by atoms with Crippen molar-refractivity contribution >= 4 is 17.1 Å². The van der Waals surface area contributed by atoms with Crippen molar-refractivity contribution in [3.05, 3.63) is 28.3 Å². The van der Waals surface area contributed by atoms with Crippen LogP contribution in [0.15, 0.2) is 18.2 Å². The molecule has 1 heterocycles.